The molecule has 2 heterocycles. The molecule has 7 nitrogen and oxygen atoms in total. The molecule has 0 aromatic heterocycles. The van der Waals surface area contributed by atoms with Gasteiger partial charge in [0.15, 0.2) is 5.96 Å². The second kappa shape index (κ2) is 11.9. The maximum Gasteiger partial charge on any atom is 0.409 e. The second-order valence-electron chi connectivity index (χ2n) is 8.78. The summed E-state index contributed by atoms with van der Waals surface area (Å²) in [6.45, 7) is 11.2. The Balaban J connectivity index is 0.00000341. The Morgan fingerprint density at radius 2 is 1.87 bits per heavy atom. The van der Waals surface area contributed by atoms with Crippen molar-refractivity contribution in [2.24, 2.45) is 4.99 Å². The van der Waals surface area contributed by atoms with Gasteiger partial charge in [0.2, 0.25) is 0 Å². The summed E-state index contributed by atoms with van der Waals surface area (Å²) in [7, 11) is 1.81. The topological polar surface area (TPSA) is 69.2 Å². The molecule has 3 rings (SSSR count). The average molecular weight is 543 g/mol. The van der Waals surface area contributed by atoms with Crippen LogP contribution in [0.2, 0.25) is 0 Å². The quantitative estimate of drug-likeness (QED) is 0.339. The summed E-state index contributed by atoms with van der Waals surface area (Å²) >= 11 is 0. The van der Waals surface area contributed by atoms with Crippen molar-refractivity contribution in [2.75, 3.05) is 39.8 Å². The van der Waals surface area contributed by atoms with Crippen molar-refractivity contribution in [3.63, 3.8) is 0 Å². The van der Waals surface area contributed by atoms with Crippen molar-refractivity contribution < 1.29 is 9.53 Å². The molecule has 0 atom stereocenters. The van der Waals surface area contributed by atoms with Crippen molar-refractivity contribution in [3.8, 4) is 0 Å². The monoisotopic (exact) mass is 543 g/mol. The van der Waals surface area contributed by atoms with Gasteiger partial charge in [0, 0.05) is 51.4 Å². The predicted molar refractivity (Wildman–Crippen MR) is 136 cm³/mol. The lowest BCUT2D eigenvalue weighted by Gasteiger charge is -2.42. The van der Waals surface area contributed by atoms with E-state index in [1.807, 2.05) is 14.0 Å². The Morgan fingerprint density at radius 1 is 1.19 bits per heavy atom. The molecule has 2 N–H and O–H groups in total. The minimum atomic E-state index is -0.205. The van der Waals surface area contributed by atoms with E-state index < -0.39 is 0 Å². The standard InChI is InChI=1S/C23H37N5O2.HI/c1-5-30-22(29)27-13-11-20(12-14-27)26-21(24-4)25-17-23(2,3)28-15-10-18-8-6-7-9-19(18)16-28;/h6-9,20H,5,10-17H2,1-4H3,(H2,24,25,26);1H. The van der Waals surface area contributed by atoms with Gasteiger partial charge in [-0.2, -0.15) is 0 Å². The van der Waals surface area contributed by atoms with Crippen molar-refractivity contribution in [1.29, 1.82) is 0 Å². The molecule has 0 radical (unpaired) electrons. The van der Waals surface area contributed by atoms with Crippen molar-refractivity contribution in [1.82, 2.24) is 20.4 Å². The Labute approximate surface area is 204 Å². The van der Waals surface area contributed by atoms with Gasteiger partial charge in [0.1, 0.15) is 0 Å². The SMILES string of the molecule is CCOC(=O)N1CCC(NC(=NC)NCC(C)(C)N2CCc3ccccc3C2)CC1.I. The van der Waals surface area contributed by atoms with Crippen LogP contribution in [0.1, 0.15) is 44.7 Å². The number of nitrogens with zero attached hydrogens (tertiary/aromatic N) is 3. The van der Waals surface area contributed by atoms with Crippen LogP contribution in [0.5, 0.6) is 0 Å². The van der Waals surface area contributed by atoms with Crippen LogP contribution < -0.4 is 10.6 Å². The zero-order chi connectivity index (χ0) is 21.6. The van der Waals surface area contributed by atoms with E-state index in [1.54, 1.807) is 4.90 Å². The summed E-state index contributed by atoms with van der Waals surface area (Å²) in [6, 6.07) is 9.07. The molecule has 2 aliphatic rings. The summed E-state index contributed by atoms with van der Waals surface area (Å²) < 4.78 is 5.10. The van der Waals surface area contributed by atoms with Crippen LogP contribution in [0.25, 0.3) is 0 Å². The lowest BCUT2D eigenvalue weighted by Crippen LogP contribution is -2.56. The highest BCUT2D eigenvalue weighted by molar-refractivity contribution is 14.0. The van der Waals surface area contributed by atoms with Crippen LogP contribution >= 0.6 is 24.0 Å². The Hall–Kier alpha value is -1.55. The number of nitrogens with one attached hydrogen (secondary N) is 2. The first-order valence-corrected chi connectivity index (χ1v) is 11.1. The van der Waals surface area contributed by atoms with Crippen LogP contribution in [-0.2, 0) is 17.7 Å². The van der Waals surface area contributed by atoms with E-state index in [4.69, 9.17) is 4.74 Å². The number of amides is 1. The molecule has 1 fully saturated rings. The molecule has 1 amide bonds. The maximum atomic E-state index is 11.9. The van der Waals surface area contributed by atoms with E-state index in [1.165, 1.54) is 11.1 Å². The highest BCUT2D eigenvalue weighted by Crippen LogP contribution is 2.25. The number of rotatable bonds is 5. The molecule has 174 valence electrons. The first-order chi connectivity index (χ1) is 14.4. The third-order valence-electron chi connectivity index (χ3n) is 6.26. The molecule has 1 aromatic carbocycles. The largest absolute Gasteiger partial charge is 0.450 e. The van der Waals surface area contributed by atoms with Gasteiger partial charge in [-0.3, -0.25) is 9.89 Å². The maximum absolute atomic E-state index is 11.9. The van der Waals surface area contributed by atoms with E-state index in [9.17, 15) is 4.79 Å². The fraction of sp³-hybridized carbons (Fsp3) is 0.652. The number of halogens is 1. The minimum Gasteiger partial charge on any atom is -0.450 e. The van der Waals surface area contributed by atoms with Gasteiger partial charge in [-0.25, -0.2) is 4.79 Å². The number of benzene rings is 1. The van der Waals surface area contributed by atoms with Crippen molar-refractivity contribution >= 4 is 36.0 Å². The van der Waals surface area contributed by atoms with Crippen LogP contribution in [0.3, 0.4) is 0 Å². The number of fused-ring (bicyclic) bond motifs is 1. The number of hydrogen-bond acceptors (Lipinski definition) is 4. The Morgan fingerprint density at radius 3 is 2.52 bits per heavy atom. The molecule has 0 bridgehead atoms. The van der Waals surface area contributed by atoms with Gasteiger partial charge in [0.05, 0.1) is 6.61 Å². The van der Waals surface area contributed by atoms with E-state index in [2.05, 4.69) is 58.6 Å². The molecule has 1 saturated heterocycles. The zero-order valence-electron chi connectivity index (χ0n) is 19.3. The summed E-state index contributed by atoms with van der Waals surface area (Å²) in [5.41, 5.74) is 2.93. The minimum absolute atomic E-state index is 0. The highest BCUT2D eigenvalue weighted by atomic mass is 127. The summed E-state index contributed by atoms with van der Waals surface area (Å²) in [6.07, 6.45) is 2.69. The third kappa shape index (κ3) is 6.97. The molecular weight excluding hydrogens is 505 g/mol. The fourth-order valence-electron chi connectivity index (χ4n) is 4.23. The number of piperidine rings is 1. The second-order valence-corrected chi connectivity index (χ2v) is 8.78. The normalized spacial score (nSPS) is 18.1. The lowest BCUT2D eigenvalue weighted by molar-refractivity contribution is 0.0959. The van der Waals surface area contributed by atoms with E-state index >= 15 is 0 Å². The molecular formula is C23H38IN5O2. The number of carbonyl (C=O) groups excluding carboxylic acids is 1. The molecule has 2 aliphatic heterocycles. The zero-order valence-corrected chi connectivity index (χ0v) is 21.6. The molecule has 0 saturated carbocycles. The molecule has 8 heteroatoms. The molecule has 0 spiro atoms. The smallest absolute Gasteiger partial charge is 0.409 e. The average Bonchev–Trinajstić information content (AvgIpc) is 2.77. The summed E-state index contributed by atoms with van der Waals surface area (Å²) in [4.78, 5) is 20.6. The first-order valence-electron chi connectivity index (χ1n) is 11.1. The van der Waals surface area contributed by atoms with Crippen LogP contribution in [0.4, 0.5) is 4.79 Å². The molecule has 0 unspecified atom stereocenters. The fourth-order valence-corrected chi connectivity index (χ4v) is 4.23. The van der Waals surface area contributed by atoms with Gasteiger partial charge in [-0.1, -0.05) is 24.3 Å². The number of carbonyl (C=O) groups is 1. The molecule has 1 aromatic rings. The highest BCUT2D eigenvalue weighted by Gasteiger charge is 2.30. The summed E-state index contributed by atoms with van der Waals surface area (Å²) in [5.74, 6) is 0.829. The number of likely N-dealkylation sites (tertiary alicyclic amines) is 1. The van der Waals surface area contributed by atoms with Gasteiger partial charge < -0.3 is 20.3 Å². The van der Waals surface area contributed by atoms with E-state index in [-0.39, 0.29) is 35.6 Å². The number of guanidine groups is 1. The van der Waals surface area contributed by atoms with Crippen LogP contribution in [0, 0.1) is 0 Å². The molecule has 0 aliphatic carbocycles. The van der Waals surface area contributed by atoms with Gasteiger partial charge in [-0.05, 0) is 51.2 Å². The number of hydrogen-bond donors (Lipinski definition) is 2. The number of aliphatic imine (C=N–C) groups is 1. The summed E-state index contributed by atoms with van der Waals surface area (Å²) in [5, 5.41) is 7.05. The van der Waals surface area contributed by atoms with Gasteiger partial charge in [0.25, 0.3) is 0 Å². The number of ether oxygens (including phenoxy) is 1. The molecule has 31 heavy (non-hydrogen) atoms. The Bertz CT molecular complexity index is 747. The van der Waals surface area contributed by atoms with Crippen molar-refractivity contribution in [2.45, 2.75) is 58.2 Å². The van der Waals surface area contributed by atoms with Gasteiger partial charge >= 0.3 is 6.09 Å². The lowest BCUT2D eigenvalue weighted by atomic mass is 9.94. The van der Waals surface area contributed by atoms with E-state index in [0.29, 0.717) is 25.7 Å². The van der Waals surface area contributed by atoms with Crippen LogP contribution in [-0.4, -0.2) is 73.3 Å². The predicted octanol–water partition coefficient (Wildman–Crippen LogP) is 3.23. The van der Waals surface area contributed by atoms with Gasteiger partial charge in [-0.15, -0.1) is 24.0 Å². The third-order valence-corrected chi connectivity index (χ3v) is 6.26. The van der Waals surface area contributed by atoms with Crippen LogP contribution in [0.15, 0.2) is 29.3 Å². The first kappa shape index (κ1) is 25.7. The van der Waals surface area contributed by atoms with Crippen molar-refractivity contribution in [3.05, 3.63) is 35.4 Å². The Kier molecular flexibility index (Phi) is 9.87. The van der Waals surface area contributed by atoms with E-state index in [0.717, 1.165) is 44.9 Å².